The van der Waals surface area contributed by atoms with Gasteiger partial charge in [0.2, 0.25) is 0 Å². The largest absolute Gasteiger partial charge is 0.497 e. The molecule has 4 heteroatoms. The van der Waals surface area contributed by atoms with Gasteiger partial charge in [0.25, 0.3) is 0 Å². The maximum atomic E-state index is 6.02. The van der Waals surface area contributed by atoms with Gasteiger partial charge in [-0.05, 0) is 36.5 Å². The van der Waals surface area contributed by atoms with Crippen molar-refractivity contribution < 1.29 is 14.2 Å². The van der Waals surface area contributed by atoms with Crippen molar-refractivity contribution in [1.82, 2.24) is 0 Å². The van der Waals surface area contributed by atoms with Crippen LogP contribution in [0.25, 0.3) is 0 Å². The van der Waals surface area contributed by atoms with E-state index in [1.165, 1.54) is 5.56 Å². The lowest BCUT2D eigenvalue weighted by molar-refractivity contribution is 0.0647. The number of rotatable bonds is 10. The molecule has 0 aliphatic heterocycles. The lowest BCUT2D eigenvalue weighted by Gasteiger charge is -2.14. The van der Waals surface area contributed by atoms with E-state index < -0.39 is 0 Å². The van der Waals surface area contributed by atoms with E-state index in [0.717, 1.165) is 25.2 Å². The molecule has 3 nitrogen and oxygen atoms in total. The minimum Gasteiger partial charge on any atom is -0.497 e. The molecule has 0 bridgehead atoms. The van der Waals surface area contributed by atoms with Gasteiger partial charge >= 0.3 is 0 Å². The van der Waals surface area contributed by atoms with Crippen LogP contribution in [0.2, 0.25) is 0 Å². The molecule has 0 N–H and O–H groups in total. The summed E-state index contributed by atoms with van der Waals surface area (Å²) < 4.78 is 15.6. The molecule has 0 amide bonds. The van der Waals surface area contributed by atoms with Gasteiger partial charge in [-0.15, -0.1) is 11.6 Å². The van der Waals surface area contributed by atoms with Gasteiger partial charge in [-0.3, -0.25) is 0 Å². The van der Waals surface area contributed by atoms with Crippen LogP contribution in [0.5, 0.6) is 5.75 Å². The topological polar surface area (TPSA) is 27.7 Å². The molecule has 1 aromatic carbocycles. The number of hydrogen-bond acceptors (Lipinski definition) is 3. The summed E-state index contributed by atoms with van der Waals surface area (Å²) in [5, 5.41) is 0. The van der Waals surface area contributed by atoms with Gasteiger partial charge in [-0.1, -0.05) is 12.1 Å². The number of alkyl halides is 1. The Morgan fingerprint density at radius 3 is 2.68 bits per heavy atom. The van der Waals surface area contributed by atoms with Gasteiger partial charge < -0.3 is 14.2 Å². The number of benzene rings is 1. The zero-order chi connectivity index (χ0) is 13.9. The molecule has 0 aliphatic rings. The van der Waals surface area contributed by atoms with Gasteiger partial charge in [-0.2, -0.15) is 0 Å². The van der Waals surface area contributed by atoms with E-state index in [2.05, 4.69) is 12.1 Å². The Bertz CT molecular complexity index is 344. The molecule has 0 saturated carbocycles. The maximum Gasteiger partial charge on any atom is 0.119 e. The SMILES string of the molecule is COCCOCCC(CCl)Cc1cccc(OC)c1. The fraction of sp³-hybridized carbons (Fsp3) is 0.600. The molecule has 1 rings (SSSR count). The van der Waals surface area contributed by atoms with Crippen molar-refractivity contribution >= 4 is 11.6 Å². The third-order valence-electron chi connectivity index (χ3n) is 2.98. The smallest absolute Gasteiger partial charge is 0.119 e. The van der Waals surface area contributed by atoms with Crippen LogP contribution in [-0.4, -0.2) is 39.9 Å². The van der Waals surface area contributed by atoms with E-state index in [0.29, 0.717) is 25.0 Å². The second-order valence-corrected chi connectivity index (χ2v) is 4.78. The van der Waals surface area contributed by atoms with Crippen molar-refractivity contribution in [1.29, 1.82) is 0 Å². The molecular weight excluding hydrogens is 264 g/mol. The molecule has 0 aliphatic carbocycles. The standard InChI is InChI=1S/C15H23ClO3/c1-17-8-9-19-7-6-14(12-16)10-13-4-3-5-15(11-13)18-2/h3-5,11,14H,6-10,12H2,1-2H3. The van der Waals surface area contributed by atoms with Crippen LogP contribution < -0.4 is 4.74 Å². The van der Waals surface area contributed by atoms with E-state index >= 15 is 0 Å². The molecule has 0 aromatic heterocycles. The summed E-state index contributed by atoms with van der Waals surface area (Å²) in [6.45, 7) is 2.01. The van der Waals surface area contributed by atoms with Crippen molar-refractivity contribution in [2.24, 2.45) is 5.92 Å². The van der Waals surface area contributed by atoms with Crippen LogP contribution in [0.1, 0.15) is 12.0 Å². The normalized spacial score (nSPS) is 12.4. The summed E-state index contributed by atoms with van der Waals surface area (Å²) in [5.41, 5.74) is 1.25. The third-order valence-corrected chi connectivity index (χ3v) is 3.42. The summed E-state index contributed by atoms with van der Waals surface area (Å²) in [4.78, 5) is 0. The van der Waals surface area contributed by atoms with Crippen LogP contribution in [0, 0.1) is 5.92 Å². The summed E-state index contributed by atoms with van der Waals surface area (Å²) in [5.74, 6) is 1.96. The molecule has 0 saturated heterocycles. The van der Waals surface area contributed by atoms with Crippen molar-refractivity contribution in [3.8, 4) is 5.75 Å². The van der Waals surface area contributed by atoms with Crippen LogP contribution in [0.15, 0.2) is 24.3 Å². The summed E-state index contributed by atoms with van der Waals surface area (Å²) in [7, 11) is 3.36. The zero-order valence-electron chi connectivity index (χ0n) is 11.7. The highest BCUT2D eigenvalue weighted by molar-refractivity contribution is 6.18. The lowest BCUT2D eigenvalue weighted by atomic mass is 9.98. The first-order valence-electron chi connectivity index (χ1n) is 6.55. The van der Waals surface area contributed by atoms with Gasteiger partial charge in [-0.25, -0.2) is 0 Å². The second kappa shape index (κ2) is 10.1. The monoisotopic (exact) mass is 286 g/mol. The first kappa shape index (κ1) is 16.3. The minimum absolute atomic E-state index is 0.427. The first-order valence-corrected chi connectivity index (χ1v) is 7.09. The minimum atomic E-state index is 0.427. The third kappa shape index (κ3) is 6.81. The van der Waals surface area contributed by atoms with Crippen LogP contribution in [0.3, 0.4) is 0 Å². The van der Waals surface area contributed by atoms with Crippen molar-refractivity contribution in [3.63, 3.8) is 0 Å². The molecule has 1 atom stereocenters. The molecule has 0 spiro atoms. The highest BCUT2D eigenvalue weighted by atomic mass is 35.5. The van der Waals surface area contributed by atoms with Crippen LogP contribution in [-0.2, 0) is 15.9 Å². The fourth-order valence-corrected chi connectivity index (χ4v) is 2.12. The molecule has 0 radical (unpaired) electrons. The van der Waals surface area contributed by atoms with Crippen molar-refractivity contribution in [2.75, 3.05) is 39.9 Å². The second-order valence-electron chi connectivity index (χ2n) is 4.47. The average molecular weight is 287 g/mol. The van der Waals surface area contributed by atoms with Gasteiger partial charge in [0.1, 0.15) is 5.75 Å². The highest BCUT2D eigenvalue weighted by Gasteiger charge is 2.09. The molecule has 0 heterocycles. The van der Waals surface area contributed by atoms with E-state index in [1.807, 2.05) is 12.1 Å². The van der Waals surface area contributed by atoms with Crippen molar-refractivity contribution in [2.45, 2.75) is 12.8 Å². The quantitative estimate of drug-likeness (QED) is 0.488. The molecule has 108 valence electrons. The van der Waals surface area contributed by atoms with Gasteiger partial charge in [0, 0.05) is 19.6 Å². The van der Waals surface area contributed by atoms with E-state index in [-0.39, 0.29) is 0 Å². The predicted molar refractivity (Wildman–Crippen MR) is 78.2 cm³/mol. The summed E-state index contributed by atoms with van der Waals surface area (Å²) in [6, 6.07) is 8.13. The van der Waals surface area contributed by atoms with Crippen molar-refractivity contribution in [3.05, 3.63) is 29.8 Å². The summed E-state index contributed by atoms with van der Waals surface area (Å²) in [6.07, 6.45) is 1.92. The lowest BCUT2D eigenvalue weighted by Crippen LogP contribution is -2.12. The number of halogens is 1. The Balaban J connectivity index is 2.34. The number of hydrogen-bond donors (Lipinski definition) is 0. The number of ether oxygens (including phenoxy) is 3. The van der Waals surface area contributed by atoms with Gasteiger partial charge in [0.05, 0.1) is 20.3 Å². The van der Waals surface area contributed by atoms with E-state index in [1.54, 1.807) is 14.2 Å². The Morgan fingerprint density at radius 1 is 1.16 bits per heavy atom. The predicted octanol–water partition coefficient (Wildman–Crippen LogP) is 3.15. The van der Waals surface area contributed by atoms with Gasteiger partial charge in [0.15, 0.2) is 0 Å². The van der Waals surface area contributed by atoms with E-state index in [4.69, 9.17) is 25.8 Å². The molecule has 1 unspecified atom stereocenters. The number of methoxy groups -OCH3 is 2. The fourth-order valence-electron chi connectivity index (χ4n) is 1.86. The zero-order valence-corrected chi connectivity index (χ0v) is 12.5. The van der Waals surface area contributed by atoms with Crippen LogP contribution in [0.4, 0.5) is 0 Å². The molecule has 1 aromatic rings. The maximum absolute atomic E-state index is 6.02. The highest BCUT2D eigenvalue weighted by Crippen LogP contribution is 2.18. The van der Waals surface area contributed by atoms with Crippen LogP contribution >= 0.6 is 11.6 Å². The molecular formula is C15H23ClO3. The Kier molecular flexibility index (Phi) is 8.63. The molecule has 19 heavy (non-hydrogen) atoms. The Morgan fingerprint density at radius 2 is 2.00 bits per heavy atom. The Hall–Kier alpha value is -0.770. The average Bonchev–Trinajstić information content (AvgIpc) is 2.46. The first-order chi connectivity index (χ1) is 9.30. The van der Waals surface area contributed by atoms with E-state index in [9.17, 15) is 0 Å². The molecule has 0 fully saturated rings. The Labute approximate surface area is 120 Å². The summed E-state index contributed by atoms with van der Waals surface area (Å²) >= 11 is 6.02.